The second kappa shape index (κ2) is 6.53. The van der Waals surface area contributed by atoms with Crippen molar-refractivity contribution in [3.05, 3.63) is 23.8 Å². The van der Waals surface area contributed by atoms with Crippen molar-refractivity contribution in [3.8, 4) is 0 Å². The van der Waals surface area contributed by atoms with Crippen LogP contribution < -0.4 is 0 Å². The van der Waals surface area contributed by atoms with E-state index in [0.29, 0.717) is 12.3 Å². The molecule has 100 valence electrons. The van der Waals surface area contributed by atoms with Crippen LogP contribution >= 0.6 is 0 Å². The molecule has 3 nitrogen and oxygen atoms in total. The molecule has 0 saturated carbocycles. The summed E-state index contributed by atoms with van der Waals surface area (Å²) in [6.07, 6.45) is 4.49. The minimum absolute atomic E-state index is 0.0398. The lowest BCUT2D eigenvalue weighted by molar-refractivity contribution is -0.143. The van der Waals surface area contributed by atoms with E-state index in [1.165, 1.54) is 18.3 Å². The number of ether oxygens (including phenoxy) is 1. The van der Waals surface area contributed by atoms with Crippen molar-refractivity contribution >= 4 is 11.8 Å². The molecule has 0 aliphatic heterocycles. The summed E-state index contributed by atoms with van der Waals surface area (Å²) in [5.74, 6) is 0.220. The maximum atomic E-state index is 11.8. The van der Waals surface area contributed by atoms with Crippen molar-refractivity contribution in [3.63, 3.8) is 0 Å². The van der Waals surface area contributed by atoms with E-state index in [1.807, 2.05) is 6.92 Å². The highest BCUT2D eigenvalue weighted by Gasteiger charge is 2.25. The van der Waals surface area contributed by atoms with E-state index in [9.17, 15) is 9.59 Å². The van der Waals surface area contributed by atoms with Crippen LogP contribution in [0.3, 0.4) is 0 Å². The van der Waals surface area contributed by atoms with Crippen LogP contribution in [0.15, 0.2) is 23.8 Å². The van der Waals surface area contributed by atoms with Gasteiger partial charge < -0.3 is 4.74 Å². The molecule has 0 unspecified atom stereocenters. The minimum atomic E-state index is -0.450. The van der Waals surface area contributed by atoms with E-state index in [-0.39, 0.29) is 18.1 Å². The van der Waals surface area contributed by atoms with Gasteiger partial charge in [-0.15, -0.1) is 0 Å². The average molecular weight is 250 g/mol. The van der Waals surface area contributed by atoms with Crippen molar-refractivity contribution in [2.75, 3.05) is 7.11 Å². The predicted octanol–water partition coefficient (Wildman–Crippen LogP) is 3.06. The average Bonchev–Trinajstić information content (AvgIpc) is 2.31. The van der Waals surface area contributed by atoms with Crippen LogP contribution in [-0.2, 0) is 14.3 Å². The number of hydrogen-bond donors (Lipinski definition) is 0. The maximum absolute atomic E-state index is 11.8. The molecule has 0 aromatic heterocycles. The molecule has 0 N–H and O–H groups in total. The quantitative estimate of drug-likeness (QED) is 0.428. The Bertz CT molecular complexity index is 379. The van der Waals surface area contributed by atoms with Gasteiger partial charge in [0.15, 0.2) is 0 Å². The number of ketones is 1. The molecular weight excluding hydrogens is 228 g/mol. The summed E-state index contributed by atoms with van der Waals surface area (Å²) >= 11 is 0. The van der Waals surface area contributed by atoms with Gasteiger partial charge >= 0.3 is 5.97 Å². The van der Waals surface area contributed by atoms with Gasteiger partial charge in [-0.2, -0.15) is 0 Å². The zero-order chi connectivity index (χ0) is 13.7. The normalized spacial score (nSPS) is 23.2. The number of hydrogen-bond acceptors (Lipinski definition) is 3. The molecule has 1 aliphatic rings. The number of rotatable bonds is 5. The van der Waals surface area contributed by atoms with E-state index in [0.717, 1.165) is 12.8 Å². The summed E-state index contributed by atoms with van der Waals surface area (Å²) in [4.78, 5) is 22.8. The molecule has 0 amide bonds. The smallest absolute Gasteiger partial charge is 0.313 e. The fourth-order valence-electron chi connectivity index (χ4n) is 2.35. The minimum Gasteiger partial charge on any atom is -0.469 e. The van der Waals surface area contributed by atoms with Gasteiger partial charge in [0.2, 0.25) is 0 Å². The second-order valence-electron chi connectivity index (χ2n) is 5.16. The fourth-order valence-corrected chi connectivity index (χ4v) is 2.35. The van der Waals surface area contributed by atoms with Crippen molar-refractivity contribution in [2.45, 2.75) is 39.5 Å². The molecule has 0 spiro atoms. The Kier molecular flexibility index (Phi) is 5.32. The van der Waals surface area contributed by atoms with E-state index in [2.05, 4.69) is 24.3 Å². The summed E-state index contributed by atoms with van der Waals surface area (Å²) < 4.78 is 4.51. The number of methoxy groups -OCH3 is 1. The molecule has 18 heavy (non-hydrogen) atoms. The third kappa shape index (κ3) is 4.13. The highest BCUT2D eigenvalue weighted by atomic mass is 16.5. The van der Waals surface area contributed by atoms with Crippen molar-refractivity contribution < 1.29 is 14.3 Å². The predicted molar refractivity (Wildman–Crippen MR) is 71.0 cm³/mol. The summed E-state index contributed by atoms with van der Waals surface area (Å²) in [5.41, 5.74) is 2.43. The molecule has 0 aromatic rings. The largest absolute Gasteiger partial charge is 0.469 e. The second-order valence-corrected chi connectivity index (χ2v) is 5.16. The molecule has 0 bridgehead atoms. The van der Waals surface area contributed by atoms with E-state index in [4.69, 9.17) is 0 Å². The third-order valence-corrected chi connectivity index (χ3v) is 3.68. The Morgan fingerprint density at radius 2 is 2.17 bits per heavy atom. The molecule has 1 aliphatic carbocycles. The summed E-state index contributed by atoms with van der Waals surface area (Å²) in [7, 11) is 1.30. The van der Waals surface area contributed by atoms with E-state index < -0.39 is 5.97 Å². The van der Waals surface area contributed by atoms with Gasteiger partial charge in [-0.3, -0.25) is 9.59 Å². The number of carbonyl (C=O) groups excluding carboxylic acids is 2. The molecular formula is C15H22O3. The zero-order valence-electron chi connectivity index (χ0n) is 11.5. The Labute approximate surface area is 109 Å². The molecule has 1 rings (SSSR count). The third-order valence-electron chi connectivity index (χ3n) is 3.68. The topological polar surface area (TPSA) is 43.4 Å². The first-order chi connectivity index (χ1) is 8.43. The molecule has 0 fully saturated rings. The lowest BCUT2D eigenvalue weighted by atomic mass is 9.77. The van der Waals surface area contributed by atoms with E-state index in [1.54, 1.807) is 0 Å². The van der Waals surface area contributed by atoms with Gasteiger partial charge in [-0.1, -0.05) is 23.8 Å². The van der Waals surface area contributed by atoms with Gasteiger partial charge in [0.1, 0.15) is 12.2 Å². The molecule has 0 heterocycles. The first-order valence-corrected chi connectivity index (χ1v) is 6.34. The van der Waals surface area contributed by atoms with Crippen LogP contribution in [0.4, 0.5) is 0 Å². The van der Waals surface area contributed by atoms with Crippen LogP contribution in [0.5, 0.6) is 0 Å². The Hall–Kier alpha value is -1.38. The van der Waals surface area contributed by atoms with Crippen molar-refractivity contribution in [1.82, 2.24) is 0 Å². The first kappa shape index (κ1) is 14.7. The van der Waals surface area contributed by atoms with Gasteiger partial charge in [0.25, 0.3) is 0 Å². The molecule has 0 saturated heterocycles. The number of carbonyl (C=O) groups is 2. The zero-order valence-corrected chi connectivity index (χ0v) is 11.5. The fraction of sp³-hybridized carbons (Fsp3) is 0.600. The van der Waals surface area contributed by atoms with E-state index >= 15 is 0 Å². The molecule has 3 heteroatoms. The maximum Gasteiger partial charge on any atom is 0.313 e. The number of Topliss-reactive ketones (excluding diaryl/α,β-unsaturated/α-hetero) is 1. The Balaban J connectivity index is 2.57. The monoisotopic (exact) mass is 250 g/mol. The van der Waals surface area contributed by atoms with Gasteiger partial charge in [-0.05, 0) is 38.5 Å². The molecule has 2 atom stereocenters. The molecule has 0 radical (unpaired) electrons. The van der Waals surface area contributed by atoms with Crippen LogP contribution in [0, 0.1) is 11.8 Å². The number of esters is 1. The summed E-state index contributed by atoms with van der Waals surface area (Å²) in [5, 5.41) is 0. The highest BCUT2D eigenvalue weighted by molar-refractivity contribution is 5.95. The number of allylic oxidation sites excluding steroid dienone is 3. The SMILES string of the molecule is C=C(C)[C@@H]1CC=C(C)[C@@H](CC(=O)CC(=O)OC)C1. The van der Waals surface area contributed by atoms with Crippen molar-refractivity contribution in [2.24, 2.45) is 11.8 Å². The lowest BCUT2D eigenvalue weighted by Crippen LogP contribution is -2.20. The van der Waals surface area contributed by atoms with Crippen LogP contribution in [-0.4, -0.2) is 18.9 Å². The summed E-state index contributed by atoms with van der Waals surface area (Å²) in [6, 6.07) is 0. The summed E-state index contributed by atoms with van der Waals surface area (Å²) in [6.45, 7) is 8.09. The van der Waals surface area contributed by atoms with Gasteiger partial charge in [-0.25, -0.2) is 0 Å². The lowest BCUT2D eigenvalue weighted by Gasteiger charge is -2.28. The molecule has 0 aromatic carbocycles. The Morgan fingerprint density at radius 1 is 1.50 bits per heavy atom. The van der Waals surface area contributed by atoms with Gasteiger partial charge in [0.05, 0.1) is 7.11 Å². The Morgan fingerprint density at radius 3 is 2.72 bits per heavy atom. The first-order valence-electron chi connectivity index (χ1n) is 6.34. The van der Waals surface area contributed by atoms with Crippen LogP contribution in [0.1, 0.15) is 39.5 Å². The van der Waals surface area contributed by atoms with Crippen LogP contribution in [0.25, 0.3) is 0 Å². The highest BCUT2D eigenvalue weighted by Crippen LogP contribution is 2.34. The van der Waals surface area contributed by atoms with Crippen LogP contribution in [0.2, 0.25) is 0 Å². The van der Waals surface area contributed by atoms with Crippen molar-refractivity contribution in [1.29, 1.82) is 0 Å². The van der Waals surface area contributed by atoms with Gasteiger partial charge in [0, 0.05) is 6.42 Å². The standard InChI is InChI=1S/C15H22O3/c1-10(2)12-6-5-11(3)13(7-12)8-14(16)9-15(17)18-4/h5,12-13H,1,6-9H2,2-4H3/t12-,13-/m1/s1.